The molecule has 0 aromatic carbocycles. The van der Waals surface area contributed by atoms with Crippen molar-refractivity contribution in [3.05, 3.63) is 33.6 Å². The van der Waals surface area contributed by atoms with Crippen LogP contribution in [0.5, 0.6) is 0 Å². The van der Waals surface area contributed by atoms with E-state index in [9.17, 15) is 18.0 Å². The van der Waals surface area contributed by atoms with Crippen molar-refractivity contribution in [1.29, 1.82) is 0 Å². The second-order valence-corrected chi connectivity index (χ2v) is 10.2. The smallest absolute Gasteiger partial charge is 0.314 e. The second-order valence-electron chi connectivity index (χ2n) is 7.10. The van der Waals surface area contributed by atoms with Crippen molar-refractivity contribution in [2.75, 3.05) is 5.32 Å². The van der Waals surface area contributed by atoms with Crippen LogP contribution in [0.25, 0.3) is 0 Å². The van der Waals surface area contributed by atoms with Gasteiger partial charge in [0.25, 0.3) is 0 Å². The fourth-order valence-electron chi connectivity index (χ4n) is 2.68. The summed E-state index contributed by atoms with van der Waals surface area (Å²) in [6.07, 6.45) is 0. The summed E-state index contributed by atoms with van der Waals surface area (Å²) in [5.74, 6) is -1.71. The molecule has 0 radical (unpaired) electrons. The number of fused-ring (bicyclic) bond motifs is 1. The minimum Gasteiger partial charge on any atom is -0.343 e. The summed E-state index contributed by atoms with van der Waals surface area (Å²) in [7, 11) is -3.27. The molecule has 0 aliphatic carbocycles. The highest BCUT2D eigenvalue weighted by Crippen LogP contribution is 2.34. The number of nitrogens with zero attached hydrogens (tertiary/aromatic N) is 2. The van der Waals surface area contributed by atoms with Crippen LogP contribution in [0.3, 0.4) is 0 Å². The molecule has 0 bridgehead atoms. The maximum absolute atomic E-state index is 12.3. The molecule has 0 spiro atoms. The van der Waals surface area contributed by atoms with Gasteiger partial charge >= 0.3 is 11.8 Å². The maximum atomic E-state index is 12.3. The number of carbonyl (C=O) groups is 2. The van der Waals surface area contributed by atoms with Gasteiger partial charge in [0.1, 0.15) is 5.82 Å². The Kier molecular flexibility index (Phi) is 4.65. The average Bonchev–Trinajstić information content (AvgIpc) is 3.20. The molecule has 0 saturated heterocycles. The lowest BCUT2D eigenvalue weighted by molar-refractivity contribution is -0.136. The van der Waals surface area contributed by atoms with Gasteiger partial charge in [-0.15, -0.1) is 11.3 Å². The largest absolute Gasteiger partial charge is 0.343 e. The highest BCUT2D eigenvalue weighted by Gasteiger charge is 2.35. The molecule has 2 aromatic heterocycles. The van der Waals surface area contributed by atoms with E-state index in [0.29, 0.717) is 11.3 Å². The van der Waals surface area contributed by atoms with Gasteiger partial charge in [-0.2, -0.15) is 5.10 Å². The number of amides is 2. The molecule has 140 valence electrons. The van der Waals surface area contributed by atoms with Crippen molar-refractivity contribution >= 4 is 38.8 Å². The van der Waals surface area contributed by atoms with Gasteiger partial charge in [0, 0.05) is 10.4 Å². The Balaban J connectivity index is 1.80. The van der Waals surface area contributed by atoms with Gasteiger partial charge < -0.3 is 10.6 Å². The molecular formula is C16H20N4O4S2. The van der Waals surface area contributed by atoms with E-state index in [4.69, 9.17) is 0 Å². The number of anilines is 1. The summed E-state index contributed by atoms with van der Waals surface area (Å²) in [5, 5.41) is 11.3. The summed E-state index contributed by atoms with van der Waals surface area (Å²) in [4.78, 5) is 25.3. The first-order chi connectivity index (χ1) is 12.1. The Morgan fingerprint density at radius 1 is 1.27 bits per heavy atom. The number of sulfone groups is 1. The summed E-state index contributed by atoms with van der Waals surface area (Å²) in [5.41, 5.74) is 0.401. The summed E-state index contributed by atoms with van der Waals surface area (Å²) in [6, 6.07) is 3.72. The first-order valence-electron chi connectivity index (χ1n) is 8.00. The fourth-order valence-corrected chi connectivity index (χ4v) is 4.82. The molecule has 2 N–H and O–H groups in total. The molecule has 0 atom stereocenters. The molecule has 26 heavy (non-hydrogen) atoms. The van der Waals surface area contributed by atoms with E-state index in [2.05, 4.69) is 15.7 Å². The maximum Gasteiger partial charge on any atom is 0.314 e. The van der Waals surface area contributed by atoms with Crippen LogP contribution in [-0.2, 0) is 43.0 Å². The van der Waals surface area contributed by atoms with E-state index in [1.165, 1.54) is 11.3 Å². The number of rotatable bonds is 3. The Morgan fingerprint density at radius 3 is 2.62 bits per heavy atom. The third-order valence-electron chi connectivity index (χ3n) is 3.86. The van der Waals surface area contributed by atoms with Crippen molar-refractivity contribution in [1.82, 2.24) is 15.1 Å². The number of aromatic nitrogens is 2. The Hall–Kier alpha value is -2.20. The molecule has 1 aliphatic heterocycles. The first-order valence-corrected chi connectivity index (χ1v) is 10.7. The Morgan fingerprint density at radius 2 is 2.00 bits per heavy atom. The molecule has 0 fully saturated rings. The number of thiophene rings is 1. The Labute approximate surface area is 155 Å². The number of hydrogen-bond acceptors (Lipinski definition) is 6. The van der Waals surface area contributed by atoms with Crippen LogP contribution >= 0.6 is 11.3 Å². The predicted octanol–water partition coefficient (Wildman–Crippen LogP) is 1.38. The number of hydrogen-bond donors (Lipinski definition) is 2. The van der Waals surface area contributed by atoms with Crippen LogP contribution in [0.1, 0.15) is 36.9 Å². The molecule has 3 heterocycles. The van der Waals surface area contributed by atoms with Crippen molar-refractivity contribution < 1.29 is 18.0 Å². The molecule has 0 saturated carbocycles. The molecule has 10 heteroatoms. The van der Waals surface area contributed by atoms with Crippen molar-refractivity contribution in [3.63, 3.8) is 0 Å². The Bertz CT molecular complexity index is 953. The third kappa shape index (κ3) is 3.80. The number of carbonyl (C=O) groups excluding carboxylic acids is 2. The highest BCUT2D eigenvalue weighted by molar-refractivity contribution is 7.90. The predicted molar refractivity (Wildman–Crippen MR) is 98.3 cm³/mol. The monoisotopic (exact) mass is 396 g/mol. The van der Waals surface area contributed by atoms with Gasteiger partial charge in [-0.3, -0.25) is 9.59 Å². The normalized spacial score (nSPS) is 15.5. The molecule has 2 amide bonds. The molecule has 1 aliphatic rings. The van der Waals surface area contributed by atoms with Gasteiger partial charge in [0.2, 0.25) is 0 Å². The topological polar surface area (TPSA) is 110 Å². The van der Waals surface area contributed by atoms with Crippen molar-refractivity contribution in [2.45, 2.75) is 44.4 Å². The van der Waals surface area contributed by atoms with E-state index >= 15 is 0 Å². The lowest BCUT2D eigenvalue weighted by Crippen LogP contribution is -2.36. The zero-order valence-corrected chi connectivity index (χ0v) is 16.3. The van der Waals surface area contributed by atoms with E-state index in [0.717, 1.165) is 4.88 Å². The minimum absolute atomic E-state index is 0.154. The molecule has 2 aromatic rings. The van der Waals surface area contributed by atoms with Crippen LogP contribution in [0.4, 0.5) is 5.82 Å². The third-order valence-corrected chi connectivity index (χ3v) is 6.18. The molecule has 3 rings (SSSR count). The zero-order chi connectivity index (χ0) is 19.1. The second kappa shape index (κ2) is 6.51. The van der Waals surface area contributed by atoms with E-state index in [1.807, 2.05) is 38.3 Å². The van der Waals surface area contributed by atoms with Gasteiger partial charge in [0.05, 0.1) is 29.3 Å². The van der Waals surface area contributed by atoms with Gasteiger partial charge in [0.15, 0.2) is 9.84 Å². The van der Waals surface area contributed by atoms with Crippen LogP contribution in [0.15, 0.2) is 17.5 Å². The molecular weight excluding hydrogens is 376 g/mol. The molecule has 0 unspecified atom stereocenters. The highest BCUT2D eigenvalue weighted by atomic mass is 32.2. The van der Waals surface area contributed by atoms with Gasteiger partial charge in [-0.05, 0) is 32.2 Å². The van der Waals surface area contributed by atoms with Crippen molar-refractivity contribution in [2.24, 2.45) is 0 Å². The van der Waals surface area contributed by atoms with Crippen LogP contribution < -0.4 is 10.6 Å². The SMILES string of the molecule is CC(C)(C)n1nc2c(c1NC(=O)C(=O)NCc1cccs1)CS(=O)(=O)C2. The fraction of sp³-hybridized carbons (Fsp3) is 0.438. The van der Waals surface area contributed by atoms with E-state index < -0.39 is 27.2 Å². The van der Waals surface area contributed by atoms with Crippen LogP contribution in [0.2, 0.25) is 0 Å². The van der Waals surface area contributed by atoms with Crippen LogP contribution in [0, 0.1) is 0 Å². The average molecular weight is 396 g/mol. The zero-order valence-electron chi connectivity index (χ0n) is 14.7. The summed E-state index contributed by atoms with van der Waals surface area (Å²) >= 11 is 1.48. The molecule has 8 nitrogen and oxygen atoms in total. The summed E-state index contributed by atoms with van der Waals surface area (Å²) in [6.45, 7) is 5.91. The standard InChI is InChI=1S/C16H20N4O4S2/c1-16(2,3)20-13(11-8-26(23,24)9-12(11)19-20)18-15(22)14(21)17-7-10-5-4-6-25-10/h4-6H,7-9H2,1-3H3,(H,17,21)(H,18,22). The first kappa shape index (κ1) is 18.6. The summed E-state index contributed by atoms with van der Waals surface area (Å²) < 4.78 is 25.3. The minimum atomic E-state index is -3.27. The van der Waals surface area contributed by atoms with Crippen LogP contribution in [-0.4, -0.2) is 30.0 Å². The van der Waals surface area contributed by atoms with Gasteiger partial charge in [-0.25, -0.2) is 13.1 Å². The lowest BCUT2D eigenvalue weighted by Gasteiger charge is -2.23. The quantitative estimate of drug-likeness (QED) is 0.762. The van der Waals surface area contributed by atoms with Crippen molar-refractivity contribution in [3.8, 4) is 0 Å². The van der Waals surface area contributed by atoms with E-state index in [1.54, 1.807) is 4.68 Å². The van der Waals surface area contributed by atoms with Gasteiger partial charge in [-0.1, -0.05) is 6.07 Å². The number of nitrogens with one attached hydrogen (secondary N) is 2. The van der Waals surface area contributed by atoms with E-state index in [-0.39, 0.29) is 23.9 Å². The lowest BCUT2D eigenvalue weighted by atomic mass is 10.1.